The molecule has 0 fully saturated rings. The maximum Gasteiger partial charge on any atom is 0.359 e. The molecule has 9 heteroatoms. The molecule has 0 saturated heterocycles. The predicted molar refractivity (Wildman–Crippen MR) is 131 cm³/mol. The van der Waals surface area contributed by atoms with Crippen molar-refractivity contribution in [2.24, 2.45) is 0 Å². The van der Waals surface area contributed by atoms with Gasteiger partial charge in [0.15, 0.2) is 12.3 Å². The molecular weight excluding hydrogens is 477 g/mol. The minimum Gasteiger partial charge on any atom is -0.451 e. The van der Waals surface area contributed by atoms with E-state index in [1.165, 1.54) is 16.8 Å². The van der Waals surface area contributed by atoms with Crippen LogP contribution in [-0.2, 0) is 16.1 Å². The lowest BCUT2D eigenvalue weighted by Crippen LogP contribution is -2.33. The molecule has 1 heterocycles. The quantitative estimate of drug-likeness (QED) is 0.414. The topological polar surface area (TPSA) is 90.3 Å². The number of carbonyl (C=O) groups is 2. The SMILES string of the molecule is CCC[C@H](CNC(=O)COC(=O)c1ccc(=O)n(Cc2ccccc2)n1)c1ccc(Cl)cc1Cl. The number of halogens is 2. The van der Waals surface area contributed by atoms with Crippen LogP contribution in [0.3, 0.4) is 0 Å². The number of amides is 1. The molecule has 1 N–H and O–H groups in total. The highest BCUT2D eigenvalue weighted by Crippen LogP contribution is 2.30. The Balaban J connectivity index is 1.56. The van der Waals surface area contributed by atoms with Crippen LogP contribution in [0.5, 0.6) is 0 Å². The third kappa shape index (κ3) is 7.17. The highest BCUT2D eigenvalue weighted by atomic mass is 35.5. The number of ether oxygens (including phenoxy) is 1. The molecule has 0 radical (unpaired) electrons. The van der Waals surface area contributed by atoms with Gasteiger partial charge in [0.05, 0.1) is 6.54 Å². The number of hydrogen-bond donors (Lipinski definition) is 1. The zero-order valence-corrected chi connectivity index (χ0v) is 20.2. The first-order valence-electron chi connectivity index (χ1n) is 10.9. The van der Waals surface area contributed by atoms with E-state index in [4.69, 9.17) is 27.9 Å². The van der Waals surface area contributed by atoms with Crippen molar-refractivity contribution in [2.45, 2.75) is 32.2 Å². The van der Waals surface area contributed by atoms with Crippen LogP contribution in [0.4, 0.5) is 0 Å². The van der Waals surface area contributed by atoms with Crippen LogP contribution in [0.25, 0.3) is 0 Å². The van der Waals surface area contributed by atoms with Gasteiger partial charge < -0.3 is 10.1 Å². The lowest BCUT2D eigenvalue weighted by atomic mass is 9.94. The number of esters is 1. The van der Waals surface area contributed by atoms with Gasteiger partial charge in [-0.15, -0.1) is 0 Å². The van der Waals surface area contributed by atoms with Crippen LogP contribution < -0.4 is 10.9 Å². The van der Waals surface area contributed by atoms with Crippen LogP contribution >= 0.6 is 23.2 Å². The molecule has 0 aliphatic heterocycles. The summed E-state index contributed by atoms with van der Waals surface area (Å²) < 4.78 is 6.28. The van der Waals surface area contributed by atoms with E-state index in [2.05, 4.69) is 10.4 Å². The number of aromatic nitrogens is 2. The molecule has 7 nitrogen and oxygen atoms in total. The molecule has 0 spiro atoms. The molecule has 1 amide bonds. The molecule has 0 aliphatic carbocycles. The number of nitrogens with zero attached hydrogens (tertiary/aromatic N) is 2. The van der Waals surface area contributed by atoms with E-state index >= 15 is 0 Å². The summed E-state index contributed by atoms with van der Waals surface area (Å²) >= 11 is 12.3. The van der Waals surface area contributed by atoms with Gasteiger partial charge >= 0.3 is 5.97 Å². The molecule has 1 atom stereocenters. The first-order chi connectivity index (χ1) is 16.4. The third-order valence-corrected chi connectivity index (χ3v) is 5.73. The maximum atomic E-state index is 12.4. The lowest BCUT2D eigenvalue weighted by Gasteiger charge is -2.19. The number of benzene rings is 2. The Morgan fingerprint density at radius 1 is 1.09 bits per heavy atom. The van der Waals surface area contributed by atoms with Crippen molar-refractivity contribution in [3.8, 4) is 0 Å². The molecule has 2 aromatic carbocycles. The second-order valence-electron chi connectivity index (χ2n) is 7.73. The smallest absolute Gasteiger partial charge is 0.359 e. The first kappa shape index (κ1) is 25.5. The van der Waals surface area contributed by atoms with E-state index in [1.807, 2.05) is 43.3 Å². The molecule has 1 aromatic heterocycles. The summed E-state index contributed by atoms with van der Waals surface area (Å²) in [5, 5.41) is 7.95. The monoisotopic (exact) mass is 501 g/mol. The number of nitrogens with one attached hydrogen (secondary N) is 1. The summed E-state index contributed by atoms with van der Waals surface area (Å²) in [6.45, 7) is 2.13. The second-order valence-corrected chi connectivity index (χ2v) is 8.58. The highest BCUT2D eigenvalue weighted by Gasteiger charge is 2.17. The lowest BCUT2D eigenvalue weighted by molar-refractivity contribution is -0.124. The standard InChI is InChI=1S/C25H25Cl2N3O4/c1-2-6-18(20-10-9-19(26)13-21(20)27)14-28-23(31)16-34-25(33)22-11-12-24(32)30(29-22)15-17-7-4-3-5-8-17/h3-5,7-13,18H,2,6,14-16H2,1H3,(H,28,31)/t18-/m1/s1. The summed E-state index contributed by atoms with van der Waals surface area (Å²) in [5.41, 5.74) is 1.36. The third-order valence-electron chi connectivity index (χ3n) is 5.17. The molecule has 0 bridgehead atoms. The number of rotatable bonds is 10. The predicted octanol–water partition coefficient (Wildman–Crippen LogP) is 4.46. The average molecular weight is 502 g/mol. The Morgan fingerprint density at radius 3 is 2.56 bits per heavy atom. The fourth-order valence-corrected chi connectivity index (χ4v) is 4.03. The fourth-order valence-electron chi connectivity index (χ4n) is 3.47. The normalized spacial score (nSPS) is 11.6. The minimum absolute atomic E-state index is 0.00220. The van der Waals surface area contributed by atoms with Crippen molar-refractivity contribution in [3.05, 3.63) is 97.9 Å². The van der Waals surface area contributed by atoms with Gasteiger partial charge in [-0.25, -0.2) is 9.48 Å². The Kier molecular flexibility index (Phi) is 9.24. The fraction of sp³-hybridized carbons (Fsp3) is 0.280. The average Bonchev–Trinajstić information content (AvgIpc) is 2.82. The van der Waals surface area contributed by atoms with Gasteiger partial charge in [-0.1, -0.05) is 72.9 Å². The van der Waals surface area contributed by atoms with E-state index in [0.29, 0.717) is 16.6 Å². The summed E-state index contributed by atoms with van der Waals surface area (Å²) in [6.07, 6.45) is 1.72. The summed E-state index contributed by atoms with van der Waals surface area (Å²) in [4.78, 5) is 36.8. The van der Waals surface area contributed by atoms with Crippen LogP contribution in [0.15, 0.2) is 65.5 Å². The summed E-state index contributed by atoms with van der Waals surface area (Å²) in [6, 6.07) is 17.1. The van der Waals surface area contributed by atoms with Crippen molar-refractivity contribution in [1.29, 1.82) is 0 Å². The van der Waals surface area contributed by atoms with Gasteiger partial charge in [0.2, 0.25) is 0 Å². The molecule has 3 rings (SSSR count). The Morgan fingerprint density at radius 2 is 1.85 bits per heavy atom. The van der Waals surface area contributed by atoms with Gasteiger partial charge in [0.25, 0.3) is 11.5 Å². The Labute approximate surface area is 207 Å². The summed E-state index contributed by atoms with van der Waals surface area (Å²) in [7, 11) is 0. The van der Waals surface area contributed by atoms with E-state index in [9.17, 15) is 14.4 Å². The summed E-state index contributed by atoms with van der Waals surface area (Å²) in [5.74, 6) is -1.24. The maximum absolute atomic E-state index is 12.4. The Bertz CT molecular complexity index is 1200. The zero-order valence-electron chi connectivity index (χ0n) is 18.7. The molecule has 3 aromatic rings. The second kappa shape index (κ2) is 12.3. The van der Waals surface area contributed by atoms with E-state index < -0.39 is 18.5 Å². The van der Waals surface area contributed by atoms with Gasteiger partial charge in [-0.3, -0.25) is 9.59 Å². The van der Waals surface area contributed by atoms with Gasteiger partial charge in [-0.2, -0.15) is 5.10 Å². The molecule has 0 saturated carbocycles. The number of carbonyl (C=O) groups excluding carboxylic acids is 2. The molecule has 0 aliphatic rings. The molecule has 178 valence electrons. The van der Waals surface area contributed by atoms with E-state index in [0.717, 1.165) is 24.0 Å². The van der Waals surface area contributed by atoms with E-state index in [-0.39, 0.29) is 23.7 Å². The molecular formula is C25H25Cl2N3O4. The van der Waals surface area contributed by atoms with Gasteiger partial charge in [0, 0.05) is 28.6 Å². The number of hydrogen-bond acceptors (Lipinski definition) is 5. The van der Waals surface area contributed by atoms with Crippen LogP contribution in [0.2, 0.25) is 10.0 Å². The molecule has 0 unspecified atom stereocenters. The van der Waals surface area contributed by atoms with Crippen molar-refractivity contribution >= 4 is 35.1 Å². The largest absolute Gasteiger partial charge is 0.451 e. The van der Waals surface area contributed by atoms with Crippen molar-refractivity contribution in [1.82, 2.24) is 15.1 Å². The Hall–Kier alpha value is -3.16. The first-order valence-corrected chi connectivity index (χ1v) is 11.6. The van der Waals surface area contributed by atoms with Gasteiger partial charge in [-0.05, 0) is 35.7 Å². The van der Waals surface area contributed by atoms with Crippen LogP contribution in [-0.4, -0.2) is 34.8 Å². The van der Waals surface area contributed by atoms with Crippen LogP contribution in [0, 0.1) is 0 Å². The molecule has 34 heavy (non-hydrogen) atoms. The van der Waals surface area contributed by atoms with Crippen LogP contribution in [0.1, 0.15) is 47.3 Å². The van der Waals surface area contributed by atoms with Gasteiger partial charge in [0.1, 0.15) is 0 Å². The van der Waals surface area contributed by atoms with Crippen molar-refractivity contribution < 1.29 is 14.3 Å². The zero-order chi connectivity index (χ0) is 24.5. The highest BCUT2D eigenvalue weighted by molar-refractivity contribution is 6.35. The van der Waals surface area contributed by atoms with Crippen molar-refractivity contribution in [2.75, 3.05) is 13.2 Å². The van der Waals surface area contributed by atoms with E-state index in [1.54, 1.807) is 12.1 Å². The van der Waals surface area contributed by atoms with Crippen molar-refractivity contribution in [3.63, 3.8) is 0 Å². The minimum atomic E-state index is -0.789.